The first-order chi connectivity index (χ1) is 16.2. The maximum absolute atomic E-state index is 11.4. The fourth-order valence-corrected chi connectivity index (χ4v) is 4.83. The summed E-state index contributed by atoms with van der Waals surface area (Å²) in [7, 11) is 0. The number of nitrogen functional groups attached to an aromatic ring is 1. The number of anilines is 2. The third kappa shape index (κ3) is 8.03. The van der Waals surface area contributed by atoms with Crippen molar-refractivity contribution in [2.24, 2.45) is 5.92 Å². The molecule has 0 saturated carbocycles. The summed E-state index contributed by atoms with van der Waals surface area (Å²) in [6.07, 6.45) is 5.20. The van der Waals surface area contributed by atoms with Crippen molar-refractivity contribution in [3.05, 3.63) is 80.4 Å². The largest absolute Gasteiger partial charge is 1.00 e. The van der Waals surface area contributed by atoms with Crippen molar-refractivity contribution in [3.63, 3.8) is 0 Å². The molecular formula is C29H40LiN3O2-2. The molecule has 2 unspecified atom stereocenters. The molecule has 4 N–H and O–H groups in total. The maximum Gasteiger partial charge on any atom is 1.00 e. The Balaban J connectivity index is 0.000000254. The van der Waals surface area contributed by atoms with E-state index < -0.39 is 5.72 Å². The van der Waals surface area contributed by atoms with E-state index in [1.54, 1.807) is 6.92 Å². The summed E-state index contributed by atoms with van der Waals surface area (Å²) >= 11 is 0. The Hall–Kier alpha value is -1.93. The van der Waals surface area contributed by atoms with E-state index in [-0.39, 0.29) is 30.7 Å². The quantitative estimate of drug-likeness (QED) is 0.357. The molecular weight excluding hydrogens is 429 g/mol. The number of benzene rings is 2. The van der Waals surface area contributed by atoms with Crippen LogP contribution in [0.25, 0.3) is 0 Å². The third-order valence-electron chi connectivity index (χ3n) is 7.11. The molecule has 0 spiro atoms. The van der Waals surface area contributed by atoms with Crippen LogP contribution in [0.15, 0.2) is 48.5 Å². The van der Waals surface area contributed by atoms with Gasteiger partial charge in [-0.15, -0.1) is 0 Å². The predicted octanol–water partition coefficient (Wildman–Crippen LogP) is 2.24. The second kappa shape index (κ2) is 13.4. The summed E-state index contributed by atoms with van der Waals surface area (Å²) in [5.41, 5.74) is 8.89. The van der Waals surface area contributed by atoms with Crippen LogP contribution in [0.3, 0.4) is 0 Å². The van der Waals surface area contributed by atoms with E-state index in [0.29, 0.717) is 24.7 Å². The Morgan fingerprint density at radius 3 is 2.14 bits per heavy atom. The summed E-state index contributed by atoms with van der Waals surface area (Å²) in [4.78, 5) is 13.8. The van der Waals surface area contributed by atoms with Crippen molar-refractivity contribution >= 4 is 17.3 Å². The van der Waals surface area contributed by atoms with Crippen molar-refractivity contribution in [1.82, 2.24) is 5.32 Å². The Bertz CT molecular complexity index is 903. The zero-order chi connectivity index (χ0) is 24.7. The van der Waals surface area contributed by atoms with Crippen molar-refractivity contribution in [3.8, 4) is 0 Å². The molecule has 1 amide bonds. The van der Waals surface area contributed by atoms with Crippen LogP contribution >= 0.6 is 0 Å². The molecule has 2 aliphatic rings. The third-order valence-corrected chi connectivity index (χ3v) is 7.11. The Kier molecular flexibility index (Phi) is 11.2. The standard InChI is InChI=1S/C17H23NO2.C12H17N2.Li/c1-4-12(5-2)13-6-8-14(9-7-13)15-10-11-16(19)18-17(15,3)20;1-10-6-8-14(9-7-10)12-4-2-11(13)3-5-12;/h6-9,12,15,20H,1-2,4-5,10-11H2,3H3,(H,18,19);2-5,10H,1,6-9,13H2;/q-2;-1;+1. The minimum atomic E-state index is -1.17. The molecule has 0 radical (unpaired) electrons. The number of rotatable bonds is 5. The fraction of sp³-hybridized carbons (Fsp3) is 0.448. The molecule has 6 heteroatoms. The number of nitrogens with zero attached hydrogens (tertiary/aromatic N) is 1. The fourth-order valence-electron chi connectivity index (χ4n) is 4.83. The minimum absolute atomic E-state index is 0. The molecule has 0 aromatic heterocycles. The van der Waals surface area contributed by atoms with E-state index in [1.165, 1.54) is 24.1 Å². The molecule has 2 fully saturated rings. The van der Waals surface area contributed by atoms with Gasteiger partial charge in [-0.1, -0.05) is 43.0 Å². The molecule has 2 heterocycles. The van der Waals surface area contributed by atoms with Gasteiger partial charge in [0.05, 0.1) is 0 Å². The second-order valence-electron chi connectivity index (χ2n) is 9.75. The average Bonchev–Trinajstić information content (AvgIpc) is 2.81. The summed E-state index contributed by atoms with van der Waals surface area (Å²) in [6, 6.07) is 16.4. The van der Waals surface area contributed by atoms with Gasteiger partial charge >= 0.3 is 18.9 Å². The van der Waals surface area contributed by atoms with Gasteiger partial charge in [0.1, 0.15) is 5.72 Å². The molecule has 2 aromatic rings. The maximum atomic E-state index is 11.4. The summed E-state index contributed by atoms with van der Waals surface area (Å²) in [5.74, 6) is 0.875. The number of piperidine rings is 2. The smallest absolute Gasteiger partial charge is 0.399 e. The number of nitrogens with one attached hydrogen (secondary N) is 1. The van der Waals surface area contributed by atoms with E-state index in [0.717, 1.165) is 37.2 Å². The van der Waals surface area contributed by atoms with E-state index in [1.807, 2.05) is 24.3 Å². The SMILES string of the molecule is [CH2-]C1CCN(c2ccc(N)cc2)CC1.[CH2-]CC(C[CH2-])c1ccc(C2CCC(=O)NC2(C)O)cc1.[Li+]. The number of aliphatic hydroxyl groups is 1. The first kappa shape index (κ1) is 29.3. The van der Waals surface area contributed by atoms with Crippen LogP contribution in [-0.2, 0) is 4.79 Å². The van der Waals surface area contributed by atoms with E-state index in [2.05, 4.69) is 55.3 Å². The first-order valence-electron chi connectivity index (χ1n) is 12.4. The van der Waals surface area contributed by atoms with Gasteiger partial charge in [0, 0.05) is 36.8 Å². The van der Waals surface area contributed by atoms with Crippen LogP contribution in [0.2, 0.25) is 0 Å². The van der Waals surface area contributed by atoms with Crippen molar-refractivity contribution in [1.29, 1.82) is 0 Å². The van der Waals surface area contributed by atoms with Crippen LogP contribution < -0.4 is 34.8 Å². The zero-order valence-corrected chi connectivity index (χ0v) is 21.5. The molecule has 2 saturated heterocycles. The number of amides is 1. The van der Waals surface area contributed by atoms with Gasteiger partial charge in [0.15, 0.2) is 0 Å². The van der Waals surface area contributed by atoms with Crippen LogP contribution in [0.5, 0.6) is 0 Å². The summed E-state index contributed by atoms with van der Waals surface area (Å²) in [6.45, 7) is 15.9. The molecule has 4 rings (SSSR count). The van der Waals surface area contributed by atoms with Gasteiger partial charge in [-0.05, 0) is 48.7 Å². The molecule has 35 heavy (non-hydrogen) atoms. The minimum Gasteiger partial charge on any atom is -0.399 e. The van der Waals surface area contributed by atoms with Gasteiger partial charge in [-0.25, -0.2) is 0 Å². The number of hydrogen-bond donors (Lipinski definition) is 3. The predicted molar refractivity (Wildman–Crippen MR) is 141 cm³/mol. The molecule has 5 nitrogen and oxygen atoms in total. The Labute approximate surface area is 224 Å². The molecule has 2 atom stereocenters. The number of nitrogens with two attached hydrogens (primary N) is 1. The van der Waals surface area contributed by atoms with E-state index >= 15 is 0 Å². The molecule has 0 bridgehead atoms. The van der Waals surface area contributed by atoms with Crippen LogP contribution in [0.4, 0.5) is 11.4 Å². The Morgan fingerprint density at radius 2 is 1.63 bits per heavy atom. The van der Waals surface area contributed by atoms with Crippen molar-refractivity contribution in [2.45, 2.75) is 63.0 Å². The Morgan fingerprint density at radius 1 is 1.06 bits per heavy atom. The van der Waals surface area contributed by atoms with Gasteiger partial charge in [-0.3, -0.25) is 4.79 Å². The number of carbonyl (C=O) groups is 1. The van der Waals surface area contributed by atoms with Crippen molar-refractivity contribution < 1.29 is 28.8 Å². The van der Waals surface area contributed by atoms with Gasteiger partial charge < -0.3 is 41.8 Å². The first-order valence-corrected chi connectivity index (χ1v) is 12.4. The van der Waals surface area contributed by atoms with E-state index in [4.69, 9.17) is 5.73 Å². The van der Waals surface area contributed by atoms with Crippen LogP contribution in [-0.4, -0.2) is 29.8 Å². The zero-order valence-electron chi connectivity index (χ0n) is 21.5. The molecule has 186 valence electrons. The molecule has 0 aliphatic carbocycles. The monoisotopic (exact) mass is 469 g/mol. The van der Waals surface area contributed by atoms with Gasteiger partial charge in [0.25, 0.3) is 0 Å². The summed E-state index contributed by atoms with van der Waals surface area (Å²) in [5, 5.41) is 13.0. The van der Waals surface area contributed by atoms with Crippen LogP contribution in [0.1, 0.15) is 68.4 Å². The number of carbonyl (C=O) groups excluding carboxylic acids is 1. The molecule has 2 aliphatic heterocycles. The summed E-state index contributed by atoms with van der Waals surface area (Å²) < 4.78 is 0. The number of hydrogen-bond acceptors (Lipinski definition) is 4. The molecule has 2 aromatic carbocycles. The second-order valence-corrected chi connectivity index (χ2v) is 9.75. The van der Waals surface area contributed by atoms with Crippen molar-refractivity contribution in [2.75, 3.05) is 23.7 Å². The van der Waals surface area contributed by atoms with Gasteiger partial charge in [-0.2, -0.15) is 18.8 Å². The topological polar surface area (TPSA) is 78.6 Å². The van der Waals surface area contributed by atoms with E-state index in [9.17, 15) is 9.90 Å². The van der Waals surface area contributed by atoms with Crippen LogP contribution in [0, 0.1) is 26.7 Å². The van der Waals surface area contributed by atoms with Gasteiger partial charge in [0.2, 0.25) is 5.91 Å². The normalized spacial score (nSPS) is 22.6. The average molecular weight is 470 g/mol.